The van der Waals surface area contributed by atoms with Crippen molar-refractivity contribution in [1.29, 1.82) is 0 Å². The lowest BCUT2D eigenvalue weighted by Gasteiger charge is -2.04. The van der Waals surface area contributed by atoms with Crippen molar-refractivity contribution in [3.8, 4) is 0 Å². The van der Waals surface area contributed by atoms with Crippen LogP contribution in [0.2, 0.25) is 0 Å². The van der Waals surface area contributed by atoms with E-state index in [2.05, 4.69) is 5.32 Å². The molecule has 12 heavy (non-hydrogen) atoms. The summed E-state index contributed by atoms with van der Waals surface area (Å²) in [5.74, 6) is -0.111. The lowest BCUT2D eigenvalue weighted by atomic mass is 10.2. The zero-order chi connectivity index (χ0) is 9.56. The molecule has 0 heterocycles. The van der Waals surface area contributed by atoms with Crippen molar-refractivity contribution >= 4 is 17.2 Å². The van der Waals surface area contributed by atoms with Gasteiger partial charge in [0.15, 0.2) is 5.83 Å². The first kappa shape index (κ1) is 11.6. The summed E-state index contributed by atoms with van der Waals surface area (Å²) in [6, 6.07) is 0. The van der Waals surface area contributed by atoms with Gasteiger partial charge < -0.3 is 5.32 Å². The average Bonchev–Trinajstić information content (AvgIpc) is 1.98. The normalized spacial score (nSPS) is 11.9. The fourth-order valence-corrected chi connectivity index (χ4v) is 0.861. The van der Waals surface area contributed by atoms with E-state index in [1.54, 1.807) is 0 Å². The van der Waals surface area contributed by atoms with E-state index < -0.39 is 0 Å². The van der Waals surface area contributed by atoms with Gasteiger partial charge in [-0.3, -0.25) is 0 Å². The molecule has 0 spiro atoms. The molecule has 3 heteroatoms. The Morgan fingerprint density at radius 1 is 1.58 bits per heavy atom. The summed E-state index contributed by atoms with van der Waals surface area (Å²) in [4.78, 5) is 0.227. The van der Waals surface area contributed by atoms with E-state index in [1.807, 2.05) is 20.8 Å². The van der Waals surface area contributed by atoms with Crippen LogP contribution in [-0.4, -0.2) is 11.5 Å². The van der Waals surface area contributed by atoms with Crippen LogP contribution < -0.4 is 5.32 Å². The summed E-state index contributed by atoms with van der Waals surface area (Å²) in [5.41, 5.74) is 0. The first-order valence-electron chi connectivity index (χ1n) is 4.23. The lowest BCUT2D eigenvalue weighted by molar-refractivity contribution is 0.651. The van der Waals surface area contributed by atoms with Crippen molar-refractivity contribution in [1.82, 2.24) is 5.32 Å². The highest BCUT2D eigenvalue weighted by Crippen LogP contribution is 2.04. The predicted molar refractivity (Wildman–Crippen MR) is 54.9 cm³/mol. The molecule has 0 aromatic heterocycles. The summed E-state index contributed by atoms with van der Waals surface area (Å²) < 4.78 is 13.0. The van der Waals surface area contributed by atoms with E-state index in [0.29, 0.717) is 0 Å². The quantitative estimate of drug-likeness (QED) is 0.539. The van der Waals surface area contributed by atoms with Crippen LogP contribution in [-0.2, 0) is 0 Å². The fraction of sp³-hybridized carbons (Fsp3) is 0.667. The fourth-order valence-electron chi connectivity index (χ4n) is 0.691. The van der Waals surface area contributed by atoms with Crippen molar-refractivity contribution in [3.63, 3.8) is 0 Å². The molecule has 0 aliphatic rings. The molecular formula is C9H16FNS. The number of nitrogens with one attached hydrogen (secondary N) is 1. The van der Waals surface area contributed by atoms with Gasteiger partial charge in [0.25, 0.3) is 0 Å². The van der Waals surface area contributed by atoms with Gasteiger partial charge in [0.2, 0.25) is 0 Å². The first-order chi connectivity index (χ1) is 5.57. The molecule has 0 aromatic carbocycles. The molecule has 0 aliphatic heterocycles. The Hall–Kier alpha value is -0.440. The predicted octanol–water partition coefficient (Wildman–Crippen LogP) is 2.82. The Morgan fingerprint density at radius 3 is 2.58 bits per heavy atom. The van der Waals surface area contributed by atoms with Crippen LogP contribution in [0.1, 0.15) is 27.2 Å². The van der Waals surface area contributed by atoms with E-state index in [-0.39, 0.29) is 16.7 Å². The topological polar surface area (TPSA) is 12.0 Å². The van der Waals surface area contributed by atoms with Crippen LogP contribution in [0.15, 0.2) is 11.9 Å². The Labute approximate surface area is 79.0 Å². The van der Waals surface area contributed by atoms with Gasteiger partial charge in [0.1, 0.15) is 4.99 Å². The third kappa shape index (κ3) is 5.24. The molecule has 0 unspecified atom stereocenters. The Kier molecular flexibility index (Phi) is 5.89. The Bertz CT molecular complexity index is 175. The summed E-state index contributed by atoms with van der Waals surface area (Å²) in [6.45, 7) is 6.59. The molecule has 1 N–H and O–H groups in total. The molecule has 0 aromatic rings. The molecule has 0 aliphatic carbocycles. The van der Waals surface area contributed by atoms with Gasteiger partial charge in [-0.2, -0.15) is 0 Å². The highest BCUT2D eigenvalue weighted by atomic mass is 32.1. The number of hydrogen-bond acceptors (Lipinski definition) is 1. The highest BCUT2D eigenvalue weighted by Gasteiger charge is 2.02. The minimum Gasteiger partial charge on any atom is -0.374 e. The van der Waals surface area contributed by atoms with Crippen molar-refractivity contribution in [2.45, 2.75) is 27.2 Å². The molecule has 0 bridgehead atoms. The molecular weight excluding hydrogens is 173 g/mol. The van der Waals surface area contributed by atoms with E-state index in [1.165, 1.54) is 6.08 Å². The van der Waals surface area contributed by atoms with Gasteiger partial charge in [-0.15, -0.1) is 0 Å². The van der Waals surface area contributed by atoms with Crippen molar-refractivity contribution < 1.29 is 4.39 Å². The minimum atomic E-state index is -0.312. The van der Waals surface area contributed by atoms with Crippen molar-refractivity contribution in [3.05, 3.63) is 11.9 Å². The second kappa shape index (κ2) is 6.12. The maximum atomic E-state index is 13.0. The molecule has 70 valence electrons. The van der Waals surface area contributed by atoms with E-state index >= 15 is 0 Å². The minimum absolute atomic E-state index is 0.200. The average molecular weight is 189 g/mol. The lowest BCUT2D eigenvalue weighted by Crippen LogP contribution is -2.22. The van der Waals surface area contributed by atoms with Gasteiger partial charge in [0.05, 0.1) is 0 Å². The monoisotopic (exact) mass is 189 g/mol. The summed E-state index contributed by atoms with van der Waals surface area (Å²) >= 11 is 4.81. The maximum absolute atomic E-state index is 13.0. The van der Waals surface area contributed by atoms with E-state index in [9.17, 15) is 4.39 Å². The van der Waals surface area contributed by atoms with Gasteiger partial charge in [-0.1, -0.05) is 33.0 Å². The van der Waals surface area contributed by atoms with Crippen LogP contribution in [0, 0.1) is 5.92 Å². The van der Waals surface area contributed by atoms with Crippen LogP contribution >= 0.6 is 12.2 Å². The first-order valence-corrected chi connectivity index (χ1v) is 4.64. The molecule has 0 saturated carbocycles. The Balaban J connectivity index is 3.92. The SMILES string of the molecule is CCCNC(=S)/C(F)=C\C(C)C. The number of thiocarbonyl (C=S) groups is 1. The summed E-state index contributed by atoms with van der Waals surface area (Å²) in [7, 11) is 0. The summed E-state index contributed by atoms with van der Waals surface area (Å²) in [5, 5.41) is 2.83. The smallest absolute Gasteiger partial charge is 0.153 e. The standard InChI is InChI=1S/C9H16FNS/c1-4-5-11-9(12)8(10)6-7(2)3/h6-7H,4-5H2,1-3H3,(H,11,12)/b8-6+. The second-order valence-electron chi connectivity index (χ2n) is 3.01. The molecule has 1 nitrogen and oxygen atoms in total. The van der Waals surface area contributed by atoms with Crippen LogP contribution in [0.3, 0.4) is 0 Å². The molecule has 0 radical (unpaired) electrons. The van der Waals surface area contributed by atoms with Crippen LogP contribution in [0.5, 0.6) is 0 Å². The number of hydrogen-bond donors (Lipinski definition) is 1. The van der Waals surface area contributed by atoms with E-state index in [0.717, 1.165) is 13.0 Å². The van der Waals surface area contributed by atoms with Gasteiger partial charge >= 0.3 is 0 Å². The molecule has 0 atom stereocenters. The van der Waals surface area contributed by atoms with Crippen LogP contribution in [0.4, 0.5) is 4.39 Å². The van der Waals surface area contributed by atoms with Gasteiger partial charge in [-0.25, -0.2) is 4.39 Å². The highest BCUT2D eigenvalue weighted by molar-refractivity contribution is 7.80. The van der Waals surface area contributed by atoms with E-state index in [4.69, 9.17) is 12.2 Å². The number of allylic oxidation sites excluding steroid dienone is 1. The largest absolute Gasteiger partial charge is 0.374 e. The summed E-state index contributed by atoms with van der Waals surface area (Å²) in [6.07, 6.45) is 2.47. The third-order valence-corrected chi connectivity index (χ3v) is 1.57. The Morgan fingerprint density at radius 2 is 2.17 bits per heavy atom. The van der Waals surface area contributed by atoms with Crippen molar-refractivity contribution in [2.24, 2.45) is 5.92 Å². The number of halogens is 1. The maximum Gasteiger partial charge on any atom is 0.153 e. The van der Waals surface area contributed by atoms with Gasteiger partial charge in [-0.05, 0) is 18.4 Å². The van der Waals surface area contributed by atoms with Crippen molar-refractivity contribution in [2.75, 3.05) is 6.54 Å². The van der Waals surface area contributed by atoms with Gasteiger partial charge in [0, 0.05) is 6.54 Å². The molecule has 0 amide bonds. The zero-order valence-corrected chi connectivity index (χ0v) is 8.67. The zero-order valence-electron chi connectivity index (χ0n) is 7.86. The molecule has 0 fully saturated rings. The second-order valence-corrected chi connectivity index (χ2v) is 3.42. The third-order valence-electron chi connectivity index (χ3n) is 1.23. The van der Waals surface area contributed by atoms with Crippen LogP contribution in [0.25, 0.3) is 0 Å². The number of rotatable bonds is 4. The molecule has 0 saturated heterocycles. The molecule has 0 rings (SSSR count).